The number of carbonyl (C=O) groups is 2. The topological polar surface area (TPSA) is 120 Å². The molecule has 0 radical (unpaired) electrons. The second-order valence-electron chi connectivity index (χ2n) is 8.56. The summed E-state index contributed by atoms with van der Waals surface area (Å²) < 4.78 is 13.0. The average Bonchev–Trinajstić information content (AvgIpc) is 3.23. The van der Waals surface area contributed by atoms with Crippen molar-refractivity contribution in [1.29, 1.82) is 0 Å². The monoisotopic (exact) mass is 477 g/mol. The molecule has 0 saturated heterocycles. The Balaban J connectivity index is 1.37. The highest BCUT2D eigenvalue weighted by atomic mass is 16.6. The summed E-state index contributed by atoms with van der Waals surface area (Å²) in [5.74, 6) is -0.571. The number of aryl methyl sites for hydroxylation is 1. The molecule has 1 amide bonds. The molecule has 1 aliphatic carbocycles. The molecule has 2 aromatic heterocycles. The van der Waals surface area contributed by atoms with Crippen molar-refractivity contribution >= 4 is 12.1 Å². The van der Waals surface area contributed by atoms with E-state index < -0.39 is 12.1 Å². The van der Waals surface area contributed by atoms with E-state index in [0.29, 0.717) is 42.2 Å². The van der Waals surface area contributed by atoms with Crippen LogP contribution in [0.15, 0.2) is 36.5 Å². The molecule has 1 aromatic carbocycles. The lowest BCUT2D eigenvalue weighted by Gasteiger charge is -2.27. The summed E-state index contributed by atoms with van der Waals surface area (Å²) in [6, 6.07) is 14.8. The van der Waals surface area contributed by atoms with E-state index in [1.807, 2.05) is 12.1 Å². The summed E-state index contributed by atoms with van der Waals surface area (Å²) in [4.78, 5) is 29.6. The predicted molar refractivity (Wildman–Crippen MR) is 124 cm³/mol. The van der Waals surface area contributed by atoms with Gasteiger partial charge in [-0.2, -0.15) is 0 Å². The van der Waals surface area contributed by atoms with E-state index in [0.717, 1.165) is 18.4 Å². The Kier molecular flexibility index (Phi) is 7.45. The van der Waals surface area contributed by atoms with E-state index in [-0.39, 0.29) is 18.6 Å². The molecule has 0 unspecified atom stereocenters. The van der Waals surface area contributed by atoms with Gasteiger partial charge in [0.1, 0.15) is 23.7 Å². The van der Waals surface area contributed by atoms with Crippen molar-refractivity contribution in [1.82, 2.24) is 24.9 Å². The average molecular weight is 478 g/mol. The minimum absolute atomic E-state index is 0.0226. The van der Waals surface area contributed by atoms with Crippen molar-refractivity contribution in [2.24, 2.45) is 13.0 Å². The number of pyridine rings is 1. The van der Waals surface area contributed by atoms with Gasteiger partial charge in [0, 0.05) is 19.7 Å². The maximum Gasteiger partial charge on any atom is 0.410 e. The zero-order valence-electron chi connectivity index (χ0n) is 19.7. The minimum Gasteiger partial charge on any atom is -0.489 e. The Morgan fingerprint density at radius 2 is 2.14 bits per heavy atom. The third kappa shape index (κ3) is 6.06. The molecule has 0 spiro atoms. The number of rotatable bonds is 8. The lowest BCUT2D eigenvalue weighted by molar-refractivity contribution is -0.143. The van der Waals surface area contributed by atoms with E-state index in [4.69, 9.17) is 9.47 Å². The zero-order valence-corrected chi connectivity index (χ0v) is 19.7. The fraction of sp³-hybridized carbons (Fsp3) is 0.400. The first-order chi connectivity index (χ1) is 16.9. The van der Waals surface area contributed by atoms with Crippen molar-refractivity contribution in [3.8, 4) is 17.1 Å². The van der Waals surface area contributed by atoms with Gasteiger partial charge in [-0.1, -0.05) is 23.4 Å². The number of hydrogen-bond acceptors (Lipinski definition) is 7. The normalized spacial score (nSPS) is 17.3. The number of aliphatic carboxylic acids is 1. The Hall–Kier alpha value is -4.13. The minimum atomic E-state index is -0.772. The lowest BCUT2D eigenvalue weighted by atomic mass is 9.87. The Morgan fingerprint density at radius 1 is 1.29 bits per heavy atom. The molecule has 4 rings (SSSR count). The fourth-order valence-corrected chi connectivity index (χ4v) is 4.04. The van der Waals surface area contributed by atoms with Crippen LogP contribution in [0.4, 0.5) is 4.79 Å². The van der Waals surface area contributed by atoms with E-state index >= 15 is 0 Å². The van der Waals surface area contributed by atoms with Crippen LogP contribution in [0.3, 0.4) is 0 Å². The second kappa shape index (κ2) is 10.9. The van der Waals surface area contributed by atoms with Crippen molar-refractivity contribution in [2.75, 3.05) is 7.05 Å². The summed E-state index contributed by atoms with van der Waals surface area (Å²) in [6.07, 6.45) is 3.78. The third-order valence-electron chi connectivity index (χ3n) is 5.96. The Bertz CT molecular complexity index is 1150. The molecule has 1 fully saturated rings. The van der Waals surface area contributed by atoms with Gasteiger partial charge < -0.3 is 19.5 Å². The third-order valence-corrected chi connectivity index (χ3v) is 5.96. The highest BCUT2D eigenvalue weighted by Crippen LogP contribution is 2.29. The van der Waals surface area contributed by atoms with E-state index in [1.54, 1.807) is 43.2 Å². The highest BCUT2D eigenvalue weighted by Gasteiger charge is 2.28. The standard InChI is InChI=1S/C25H27N5O5/c1-29(15-17-7-4-3-5-8-17)25(33)34-16-22-23(27-28-30(22)2)21-12-11-20(14-26-21)35-19-10-6-9-18(13-19)24(31)32/h3-4,7,11-12,14,18-19H,6,9-10,13,15-16H2,1-2H3,(H,31,32)/t18-,19-/m0/s1. The number of ether oxygens (including phenoxy) is 2. The number of carboxylic acids is 1. The van der Waals surface area contributed by atoms with Crippen LogP contribution < -0.4 is 4.74 Å². The Labute approximate surface area is 203 Å². The molecule has 0 aliphatic heterocycles. The van der Waals surface area contributed by atoms with E-state index in [9.17, 15) is 14.7 Å². The van der Waals surface area contributed by atoms with Gasteiger partial charge >= 0.3 is 12.1 Å². The van der Waals surface area contributed by atoms with Crippen LogP contribution in [0.5, 0.6) is 5.75 Å². The molecular formula is C25H27N5O5. The number of carboxylic acid groups (broad SMARTS) is 1. The van der Waals surface area contributed by atoms with Crippen LogP contribution in [-0.4, -0.2) is 55.2 Å². The van der Waals surface area contributed by atoms with Gasteiger partial charge in [-0.3, -0.25) is 9.78 Å². The van der Waals surface area contributed by atoms with Crippen LogP contribution in [-0.2, 0) is 29.7 Å². The number of hydrogen-bond donors (Lipinski definition) is 1. The van der Waals surface area contributed by atoms with Crippen molar-refractivity contribution in [2.45, 2.75) is 44.9 Å². The Morgan fingerprint density at radius 3 is 2.86 bits per heavy atom. The van der Waals surface area contributed by atoms with E-state index in [2.05, 4.69) is 27.4 Å². The number of aromatic nitrogens is 4. The molecule has 1 aliphatic rings. The van der Waals surface area contributed by atoms with Gasteiger partial charge in [0.15, 0.2) is 0 Å². The van der Waals surface area contributed by atoms with Crippen LogP contribution in [0, 0.1) is 18.1 Å². The molecule has 1 saturated carbocycles. The van der Waals surface area contributed by atoms with Crippen molar-refractivity contribution < 1.29 is 24.2 Å². The summed E-state index contributed by atoms with van der Waals surface area (Å²) in [5, 5.41) is 17.5. The van der Waals surface area contributed by atoms with Gasteiger partial charge in [0.2, 0.25) is 0 Å². The van der Waals surface area contributed by atoms with Crippen LogP contribution in [0.2, 0.25) is 0 Å². The van der Waals surface area contributed by atoms with Crippen LogP contribution in [0.1, 0.15) is 36.9 Å². The molecule has 182 valence electrons. The van der Waals surface area contributed by atoms with Gasteiger partial charge in [0.25, 0.3) is 0 Å². The number of carbonyl (C=O) groups excluding carboxylic acids is 1. The summed E-state index contributed by atoms with van der Waals surface area (Å²) >= 11 is 0. The fourth-order valence-electron chi connectivity index (χ4n) is 4.04. The van der Waals surface area contributed by atoms with E-state index in [1.165, 1.54) is 4.90 Å². The molecule has 2 heterocycles. The first kappa shape index (κ1) is 24.0. The zero-order chi connectivity index (χ0) is 24.8. The summed E-state index contributed by atoms with van der Waals surface area (Å²) in [7, 11) is 3.37. The van der Waals surface area contributed by atoms with Crippen molar-refractivity contribution in [3.63, 3.8) is 0 Å². The summed E-state index contributed by atoms with van der Waals surface area (Å²) in [6.45, 7) is 0.328. The lowest BCUT2D eigenvalue weighted by Crippen LogP contribution is -2.29. The van der Waals surface area contributed by atoms with Gasteiger partial charge in [-0.05, 0) is 49.9 Å². The molecule has 1 N–H and O–H groups in total. The molecule has 3 aromatic rings. The second-order valence-corrected chi connectivity index (χ2v) is 8.56. The SMILES string of the molecule is CN(Cc1c#cccc1)C(=O)OCc1c(-c2ccc(O[C@H]3CCC[C@H](C(=O)O)C3)cn2)nnn1C. The predicted octanol–water partition coefficient (Wildman–Crippen LogP) is 3.27. The maximum atomic E-state index is 12.5. The van der Waals surface area contributed by atoms with Gasteiger partial charge in [0.05, 0.1) is 30.5 Å². The molecule has 35 heavy (non-hydrogen) atoms. The molecule has 0 bridgehead atoms. The van der Waals surface area contributed by atoms with Crippen LogP contribution >= 0.6 is 0 Å². The molecular weight excluding hydrogens is 450 g/mol. The largest absolute Gasteiger partial charge is 0.489 e. The molecule has 10 heteroatoms. The highest BCUT2D eigenvalue weighted by molar-refractivity contribution is 5.70. The maximum absolute atomic E-state index is 12.5. The molecule has 2 atom stereocenters. The first-order valence-electron chi connectivity index (χ1n) is 11.4. The molecule has 10 nitrogen and oxygen atoms in total. The van der Waals surface area contributed by atoms with Gasteiger partial charge in [-0.15, -0.1) is 5.10 Å². The first-order valence-corrected chi connectivity index (χ1v) is 11.4. The summed E-state index contributed by atoms with van der Waals surface area (Å²) in [5.41, 5.74) is 2.49. The number of nitrogens with zero attached hydrogens (tertiary/aromatic N) is 5. The van der Waals surface area contributed by atoms with Crippen LogP contribution in [0.25, 0.3) is 11.4 Å². The van der Waals surface area contributed by atoms with Crippen molar-refractivity contribution in [3.05, 3.63) is 59.9 Å². The smallest absolute Gasteiger partial charge is 0.410 e. The van der Waals surface area contributed by atoms with Gasteiger partial charge in [-0.25, -0.2) is 9.48 Å². The quantitative estimate of drug-likeness (QED) is 0.525. The number of amides is 1.